The van der Waals surface area contributed by atoms with Gasteiger partial charge >= 0.3 is 11.9 Å². The molecular weight excluding hydrogens is 270 g/mol. The number of methoxy groups -OCH3 is 2. The maximum atomic E-state index is 12.1. The molecule has 2 aromatic carbocycles. The van der Waals surface area contributed by atoms with E-state index in [1.807, 2.05) is 24.3 Å². The molecule has 3 aromatic rings. The Bertz CT molecular complexity index is 863. The van der Waals surface area contributed by atoms with Gasteiger partial charge in [0.15, 0.2) is 0 Å². The number of benzene rings is 2. The molecular formula is C16H13NO4. The average molecular weight is 283 g/mol. The molecule has 0 aliphatic heterocycles. The van der Waals surface area contributed by atoms with Gasteiger partial charge in [-0.3, -0.25) is 0 Å². The number of ether oxygens (including phenoxy) is 2. The maximum Gasteiger partial charge on any atom is 0.340 e. The Morgan fingerprint density at radius 1 is 0.905 bits per heavy atom. The van der Waals surface area contributed by atoms with Crippen LogP contribution in [0.3, 0.4) is 0 Å². The number of H-pyrrole nitrogens is 1. The van der Waals surface area contributed by atoms with Gasteiger partial charge < -0.3 is 14.5 Å². The van der Waals surface area contributed by atoms with Gasteiger partial charge in [0, 0.05) is 16.3 Å². The lowest BCUT2D eigenvalue weighted by Gasteiger charge is -2.07. The number of esters is 2. The summed E-state index contributed by atoms with van der Waals surface area (Å²) in [6.45, 7) is 0. The third kappa shape index (κ3) is 1.94. The van der Waals surface area contributed by atoms with Crippen LogP contribution in [0.1, 0.15) is 20.7 Å². The Hall–Kier alpha value is -2.82. The molecule has 21 heavy (non-hydrogen) atoms. The van der Waals surface area contributed by atoms with Crippen molar-refractivity contribution in [3.8, 4) is 0 Å². The molecule has 0 spiro atoms. The lowest BCUT2D eigenvalue weighted by atomic mass is 10.0. The van der Waals surface area contributed by atoms with Crippen LogP contribution < -0.4 is 0 Å². The first-order chi connectivity index (χ1) is 10.2. The van der Waals surface area contributed by atoms with Crippen LogP contribution >= 0.6 is 0 Å². The van der Waals surface area contributed by atoms with Crippen LogP contribution in [0.2, 0.25) is 0 Å². The Morgan fingerprint density at radius 2 is 1.62 bits per heavy atom. The predicted molar refractivity (Wildman–Crippen MR) is 78.5 cm³/mol. The topological polar surface area (TPSA) is 68.4 Å². The quantitative estimate of drug-likeness (QED) is 0.734. The zero-order valence-electron chi connectivity index (χ0n) is 11.6. The Morgan fingerprint density at radius 3 is 2.33 bits per heavy atom. The number of nitrogens with one attached hydrogen (secondary N) is 1. The Labute approximate surface area is 120 Å². The fourth-order valence-electron chi connectivity index (χ4n) is 2.51. The molecule has 1 heterocycles. The SMILES string of the molecule is COC(=O)c1ccc2c([nH]c3ccccc32)c1C(=O)OC. The summed E-state index contributed by atoms with van der Waals surface area (Å²) in [7, 11) is 2.56. The van der Waals surface area contributed by atoms with Gasteiger partial charge in [0.2, 0.25) is 0 Å². The number of aromatic nitrogens is 1. The highest BCUT2D eigenvalue weighted by molar-refractivity contribution is 6.18. The fourth-order valence-corrected chi connectivity index (χ4v) is 2.51. The standard InChI is InChI=1S/C16H13NO4/c1-20-15(18)11-8-7-10-9-5-3-4-6-12(9)17-14(10)13(11)16(19)21-2/h3-8,17H,1-2H3. The van der Waals surface area contributed by atoms with Crippen molar-refractivity contribution in [1.82, 2.24) is 4.98 Å². The number of para-hydroxylation sites is 1. The molecule has 0 radical (unpaired) electrons. The van der Waals surface area contributed by atoms with Crippen LogP contribution in [0.5, 0.6) is 0 Å². The van der Waals surface area contributed by atoms with Gasteiger partial charge in [-0.25, -0.2) is 9.59 Å². The van der Waals surface area contributed by atoms with E-state index in [9.17, 15) is 9.59 Å². The molecule has 5 nitrogen and oxygen atoms in total. The zero-order chi connectivity index (χ0) is 15.0. The lowest BCUT2D eigenvalue weighted by Crippen LogP contribution is -2.12. The van der Waals surface area contributed by atoms with E-state index in [4.69, 9.17) is 9.47 Å². The first-order valence-corrected chi connectivity index (χ1v) is 6.37. The summed E-state index contributed by atoms with van der Waals surface area (Å²) in [5, 5.41) is 1.84. The van der Waals surface area contributed by atoms with Crippen molar-refractivity contribution >= 4 is 33.7 Å². The predicted octanol–water partition coefficient (Wildman–Crippen LogP) is 2.89. The minimum absolute atomic E-state index is 0.184. The van der Waals surface area contributed by atoms with Crippen molar-refractivity contribution in [2.24, 2.45) is 0 Å². The summed E-state index contributed by atoms with van der Waals surface area (Å²) in [6.07, 6.45) is 0. The highest BCUT2D eigenvalue weighted by Crippen LogP contribution is 2.30. The van der Waals surface area contributed by atoms with Crippen molar-refractivity contribution in [2.45, 2.75) is 0 Å². The highest BCUT2D eigenvalue weighted by atomic mass is 16.5. The van der Waals surface area contributed by atoms with Crippen LogP contribution in [0, 0.1) is 0 Å². The number of fused-ring (bicyclic) bond motifs is 3. The number of carbonyl (C=O) groups excluding carboxylic acids is 2. The molecule has 0 atom stereocenters. The second-order valence-corrected chi connectivity index (χ2v) is 4.56. The molecule has 106 valence electrons. The van der Waals surface area contributed by atoms with Gasteiger partial charge in [0.25, 0.3) is 0 Å². The molecule has 0 fully saturated rings. The first-order valence-electron chi connectivity index (χ1n) is 6.37. The van der Waals surface area contributed by atoms with E-state index in [0.29, 0.717) is 5.52 Å². The normalized spacial score (nSPS) is 10.8. The van der Waals surface area contributed by atoms with Gasteiger partial charge in [0.05, 0.1) is 30.9 Å². The number of aromatic amines is 1. The van der Waals surface area contributed by atoms with Crippen LogP contribution in [0.15, 0.2) is 36.4 Å². The van der Waals surface area contributed by atoms with Crippen molar-refractivity contribution in [3.63, 3.8) is 0 Å². The fraction of sp³-hybridized carbons (Fsp3) is 0.125. The number of hydrogen-bond acceptors (Lipinski definition) is 4. The maximum absolute atomic E-state index is 12.1. The summed E-state index contributed by atoms with van der Waals surface area (Å²) in [4.78, 5) is 27.1. The molecule has 3 rings (SSSR count). The number of hydrogen-bond donors (Lipinski definition) is 1. The first kappa shape index (κ1) is 13.2. The lowest BCUT2D eigenvalue weighted by molar-refractivity contribution is 0.0557. The monoisotopic (exact) mass is 283 g/mol. The third-order valence-corrected chi connectivity index (χ3v) is 3.48. The molecule has 0 amide bonds. The summed E-state index contributed by atoms with van der Waals surface area (Å²) < 4.78 is 9.54. The van der Waals surface area contributed by atoms with E-state index in [1.54, 1.807) is 12.1 Å². The molecule has 1 N–H and O–H groups in total. The summed E-state index contributed by atoms with van der Waals surface area (Å²) in [6, 6.07) is 11.1. The van der Waals surface area contributed by atoms with Crippen LogP contribution in [-0.4, -0.2) is 31.1 Å². The molecule has 5 heteroatoms. The van der Waals surface area contributed by atoms with E-state index in [1.165, 1.54) is 14.2 Å². The minimum Gasteiger partial charge on any atom is -0.465 e. The molecule has 0 unspecified atom stereocenters. The van der Waals surface area contributed by atoms with E-state index < -0.39 is 11.9 Å². The minimum atomic E-state index is -0.576. The van der Waals surface area contributed by atoms with Gasteiger partial charge in [-0.1, -0.05) is 24.3 Å². The largest absolute Gasteiger partial charge is 0.465 e. The second-order valence-electron chi connectivity index (χ2n) is 4.56. The molecule has 0 aliphatic carbocycles. The van der Waals surface area contributed by atoms with Crippen LogP contribution in [0.4, 0.5) is 0 Å². The van der Waals surface area contributed by atoms with E-state index in [-0.39, 0.29) is 11.1 Å². The molecule has 0 saturated carbocycles. The molecule has 0 bridgehead atoms. The van der Waals surface area contributed by atoms with Crippen LogP contribution in [0.25, 0.3) is 21.8 Å². The highest BCUT2D eigenvalue weighted by Gasteiger charge is 2.23. The number of carbonyl (C=O) groups is 2. The van der Waals surface area contributed by atoms with Crippen molar-refractivity contribution in [3.05, 3.63) is 47.5 Å². The summed E-state index contributed by atoms with van der Waals surface area (Å²) >= 11 is 0. The smallest absolute Gasteiger partial charge is 0.340 e. The summed E-state index contributed by atoms with van der Waals surface area (Å²) in [5.41, 5.74) is 1.84. The van der Waals surface area contributed by atoms with Crippen molar-refractivity contribution in [2.75, 3.05) is 14.2 Å². The van der Waals surface area contributed by atoms with Crippen molar-refractivity contribution < 1.29 is 19.1 Å². The molecule has 1 aromatic heterocycles. The van der Waals surface area contributed by atoms with Gasteiger partial charge in [-0.05, 0) is 12.1 Å². The average Bonchev–Trinajstić information content (AvgIpc) is 2.91. The molecule has 0 saturated heterocycles. The van der Waals surface area contributed by atoms with Gasteiger partial charge in [-0.2, -0.15) is 0 Å². The Balaban J connectivity index is 2.43. The van der Waals surface area contributed by atoms with Crippen molar-refractivity contribution in [1.29, 1.82) is 0 Å². The van der Waals surface area contributed by atoms with Crippen LogP contribution in [-0.2, 0) is 9.47 Å². The van der Waals surface area contributed by atoms with E-state index in [0.717, 1.165) is 16.3 Å². The summed E-state index contributed by atoms with van der Waals surface area (Å²) in [5.74, 6) is -1.15. The number of rotatable bonds is 2. The molecule has 0 aliphatic rings. The van der Waals surface area contributed by atoms with Gasteiger partial charge in [0.1, 0.15) is 0 Å². The van der Waals surface area contributed by atoms with E-state index in [2.05, 4.69) is 4.98 Å². The van der Waals surface area contributed by atoms with E-state index >= 15 is 0 Å². The van der Waals surface area contributed by atoms with Gasteiger partial charge in [-0.15, -0.1) is 0 Å². The third-order valence-electron chi connectivity index (χ3n) is 3.48. The Kier molecular flexibility index (Phi) is 3.10. The second kappa shape index (κ2) is 4.94. The zero-order valence-corrected chi connectivity index (χ0v) is 11.6.